The van der Waals surface area contributed by atoms with Gasteiger partial charge in [-0.25, -0.2) is 4.79 Å². The summed E-state index contributed by atoms with van der Waals surface area (Å²) in [4.78, 5) is 12.8. The molecule has 1 aromatic carbocycles. The topological polar surface area (TPSA) is 64.3 Å². The third-order valence-electron chi connectivity index (χ3n) is 2.88. The highest BCUT2D eigenvalue weighted by molar-refractivity contribution is 7.16. The molecule has 0 aliphatic rings. The van der Waals surface area contributed by atoms with Crippen molar-refractivity contribution in [2.24, 2.45) is 0 Å². The van der Waals surface area contributed by atoms with Crippen molar-refractivity contribution in [3.8, 4) is 0 Å². The van der Waals surface area contributed by atoms with E-state index < -0.39 is 5.97 Å². The second-order valence-electron chi connectivity index (χ2n) is 4.27. The number of rotatable bonds is 4. The quantitative estimate of drug-likeness (QED) is 0.663. The van der Waals surface area contributed by atoms with Crippen LogP contribution in [0, 0.1) is 0 Å². The molecule has 6 heteroatoms. The van der Waals surface area contributed by atoms with Crippen LogP contribution in [0.15, 0.2) is 30.3 Å². The van der Waals surface area contributed by atoms with Crippen LogP contribution in [-0.4, -0.2) is 13.1 Å². The zero-order valence-corrected chi connectivity index (χ0v) is 12.7. The number of para-hydroxylation sites is 1. The number of nitrogens with two attached hydrogens (primary N) is 1. The smallest absolute Gasteiger partial charge is 0.340 e. The van der Waals surface area contributed by atoms with Crippen LogP contribution >= 0.6 is 22.9 Å². The van der Waals surface area contributed by atoms with Crippen molar-refractivity contribution in [2.75, 3.05) is 18.2 Å². The van der Waals surface area contributed by atoms with Gasteiger partial charge in [0.05, 0.1) is 34.4 Å². The van der Waals surface area contributed by atoms with Gasteiger partial charge in [0, 0.05) is 4.88 Å². The van der Waals surface area contributed by atoms with Gasteiger partial charge in [-0.15, -0.1) is 11.3 Å². The number of nitrogen functional groups attached to an aromatic ring is 1. The van der Waals surface area contributed by atoms with Crippen LogP contribution in [0.4, 0.5) is 11.4 Å². The maximum atomic E-state index is 11.8. The third kappa shape index (κ3) is 3.05. The molecule has 0 saturated heterocycles. The number of halogens is 1. The summed E-state index contributed by atoms with van der Waals surface area (Å²) in [5, 5.41) is 3.25. The Bertz CT molecular complexity index is 627. The van der Waals surface area contributed by atoms with Gasteiger partial charge in [-0.2, -0.15) is 0 Å². The van der Waals surface area contributed by atoms with Gasteiger partial charge in [0.1, 0.15) is 0 Å². The molecule has 0 fully saturated rings. The standard InChI is InChI=1S/C14H15ClN2O2S/c1-8(11-6-7-12(15)20-11)17-13-9(14(18)19-2)4-3-5-10(13)16/h3-8,17H,16H2,1-2H3. The molecule has 0 amide bonds. The van der Waals surface area contributed by atoms with Crippen LogP contribution in [0.1, 0.15) is 28.2 Å². The van der Waals surface area contributed by atoms with E-state index in [1.165, 1.54) is 18.4 Å². The molecule has 1 heterocycles. The van der Waals surface area contributed by atoms with Gasteiger partial charge in [0.25, 0.3) is 0 Å². The monoisotopic (exact) mass is 310 g/mol. The molecule has 0 spiro atoms. The van der Waals surface area contributed by atoms with Crippen molar-refractivity contribution < 1.29 is 9.53 Å². The largest absolute Gasteiger partial charge is 0.465 e. The molecular formula is C14H15ClN2O2S. The lowest BCUT2D eigenvalue weighted by Crippen LogP contribution is -2.12. The second-order valence-corrected chi connectivity index (χ2v) is 6.02. The molecule has 20 heavy (non-hydrogen) atoms. The summed E-state index contributed by atoms with van der Waals surface area (Å²) in [6.45, 7) is 1.98. The minimum atomic E-state index is -0.420. The third-order valence-corrected chi connectivity index (χ3v) is 4.30. The lowest BCUT2D eigenvalue weighted by atomic mass is 10.1. The predicted molar refractivity (Wildman–Crippen MR) is 83.6 cm³/mol. The summed E-state index contributed by atoms with van der Waals surface area (Å²) in [5.41, 5.74) is 7.45. The zero-order chi connectivity index (χ0) is 14.7. The fourth-order valence-electron chi connectivity index (χ4n) is 1.86. The molecule has 0 aliphatic heterocycles. The van der Waals surface area contributed by atoms with Crippen molar-refractivity contribution in [3.05, 3.63) is 45.1 Å². The zero-order valence-electron chi connectivity index (χ0n) is 11.1. The number of carbonyl (C=O) groups excluding carboxylic acids is 1. The van der Waals surface area contributed by atoms with Gasteiger partial charge in [-0.05, 0) is 31.2 Å². The van der Waals surface area contributed by atoms with Crippen molar-refractivity contribution >= 4 is 40.3 Å². The molecule has 3 N–H and O–H groups in total. The molecular weight excluding hydrogens is 296 g/mol. The number of hydrogen-bond acceptors (Lipinski definition) is 5. The SMILES string of the molecule is COC(=O)c1cccc(N)c1NC(C)c1ccc(Cl)s1. The van der Waals surface area contributed by atoms with Crippen LogP contribution in [0.3, 0.4) is 0 Å². The van der Waals surface area contributed by atoms with E-state index in [9.17, 15) is 4.79 Å². The van der Waals surface area contributed by atoms with E-state index in [0.717, 1.165) is 9.21 Å². The average molecular weight is 311 g/mol. The number of hydrogen-bond donors (Lipinski definition) is 2. The summed E-state index contributed by atoms with van der Waals surface area (Å²) in [6, 6.07) is 8.92. The van der Waals surface area contributed by atoms with Crippen LogP contribution in [0.5, 0.6) is 0 Å². The van der Waals surface area contributed by atoms with E-state index in [-0.39, 0.29) is 6.04 Å². The molecule has 1 aromatic heterocycles. The molecule has 0 radical (unpaired) electrons. The Kier molecular flexibility index (Phi) is 4.52. The first kappa shape index (κ1) is 14.7. The maximum absolute atomic E-state index is 11.8. The number of thiophene rings is 1. The number of benzene rings is 1. The Morgan fingerprint density at radius 3 is 2.75 bits per heavy atom. The van der Waals surface area contributed by atoms with Crippen molar-refractivity contribution in [1.29, 1.82) is 0 Å². The van der Waals surface area contributed by atoms with Gasteiger partial charge in [-0.1, -0.05) is 17.7 Å². The molecule has 2 aromatic rings. The molecule has 1 unspecified atom stereocenters. The molecule has 2 rings (SSSR count). The van der Waals surface area contributed by atoms with Gasteiger partial charge >= 0.3 is 5.97 Å². The van der Waals surface area contributed by atoms with Crippen molar-refractivity contribution in [2.45, 2.75) is 13.0 Å². The lowest BCUT2D eigenvalue weighted by molar-refractivity contribution is 0.0602. The van der Waals surface area contributed by atoms with E-state index in [0.29, 0.717) is 16.9 Å². The minimum absolute atomic E-state index is 0.0133. The van der Waals surface area contributed by atoms with E-state index in [2.05, 4.69) is 5.32 Å². The summed E-state index contributed by atoms with van der Waals surface area (Å²) in [6.07, 6.45) is 0. The van der Waals surface area contributed by atoms with E-state index in [1.54, 1.807) is 18.2 Å². The Morgan fingerprint density at radius 1 is 1.40 bits per heavy atom. The van der Waals surface area contributed by atoms with Crippen LogP contribution in [-0.2, 0) is 4.74 Å². The number of anilines is 2. The maximum Gasteiger partial charge on any atom is 0.340 e. The molecule has 0 aliphatic carbocycles. The van der Waals surface area contributed by atoms with Gasteiger partial charge in [0.2, 0.25) is 0 Å². The minimum Gasteiger partial charge on any atom is -0.465 e. The molecule has 4 nitrogen and oxygen atoms in total. The van der Waals surface area contributed by atoms with E-state index in [4.69, 9.17) is 22.1 Å². The highest BCUT2D eigenvalue weighted by Gasteiger charge is 2.17. The van der Waals surface area contributed by atoms with Crippen molar-refractivity contribution in [1.82, 2.24) is 0 Å². The van der Waals surface area contributed by atoms with Gasteiger partial charge in [0.15, 0.2) is 0 Å². The number of carbonyl (C=O) groups is 1. The summed E-state index contributed by atoms with van der Waals surface area (Å²) in [7, 11) is 1.35. The number of methoxy groups -OCH3 is 1. The molecule has 0 saturated carbocycles. The fourth-order valence-corrected chi connectivity index (χ4v) is 2.92. The molecule has 1 atom stereocenters. The summed E-state index contributed by atoms with van der Waals surface area (Å²) >= 11 is 7.42. The Balaban J connectivity index is 2.30. The first-order valence-corrected chi connectivity index (χ1v) is 7.21. The summed E-state index contributed by atoms with van der Waals surface area (Å²) < 4.78 is 5.50. The first-order valence-electron chi connectivity index (χ1n) is 6.01. The van der Waals surface area contributed by atoms with Gasteiger partial charge in [-0.3, -0.25) is 0 Å². The lowest BCUT2D eigenvalue weighted by Gasteiger charge is -2.18. The van der Waals surface area contributed by atoms with Crippen LogP contribution in [0.25, 0.3) is 0 Å². The second kappa shape index (κ2) is 6.15. The Morgan fingerprint density at radius 2 is 2.15 bits per heavy atom. The molecule has 0 bridgehead atoms. The first-order chi connectivity index (χ1) is 9.52. The van der Waals surface area contributed by atoms with Crippen LogP contribution < -0.4 is 11.1 Å². The van der Waals surface area contributed by atoms with E-state index >= 15 is 0 Å². The number of esters is 1. The normalized spacial score (nSPS) is 11.9. The Hall–Kier alpha value is -1.72. The Labute approximate surface area is 126 Å². The van der Waals surface area contributed by atoms with E-state index in [1.807, 2.05) is 19.1 Å². The highest BCUT2D eigenvalue weighted by atomic mass is 35.5. The number of ether oxygens (including phenoxy) is 1. The highest BCUT2D eigenvalue weighted by Crippen LogP contribution is 2.32. The fraction of sp³-hybridized carbons (Fsp3) is 0.214. The van der Waals surface area contributed by atoms with Crippen molar-refractivity contribution in [3.63, 3.8) is 0 Å². The number of nitrogens with one attached hydrogen (secondary N) is 1. The average Bonchev–Trinajstić information content (AvgIpc) is 2.87. The predicted octanol–water partition coefficient (Wildman–Crippen LogP) is 3.94. The molecule has 106 valence electrons. The van der Waals surface area contributed by atoms with Gasteiger partial charge < -0.3 is 15.8 Å². The van der Waals surface area contributed by atoms with Crippen LogP contribution in [0.2, 0.25) is 4.34 Å². The summed E-state index contributed by atoms with van der Waals surface area (Å²) in [5.74, 6) is -0.420.